The third-order valence-electron chi connectivity index (χ3n) is 2.37. The van der Waals surface area contributed by atoms with Gasteiger partial charge in [0.2, 0.25) is 5.91 Å². The molecule has 0 unspecified atom stereocenters. The molecule has 2 nitrogen and oxygen atoms in total. The third kappa shape index (κ3) is 4.34. The zero-order valence-electron chi connectivity index (χ0n) is 9.89. The molecule has 4 heteroatoms. The summed E-state index contributed by atoms with van der Waals surface area (Å²) >= 11 is 0. The van der Waals surface area contributed by atoms with Crippen LogP contribution in [0.4, 0.5) is 8.78 Å². The predicted molar refractivity (Wildman–Crippen MR) is 62.3 cm³/mol. The zero-order valence-corrected chi connectivity index (χ0v) is 9.89. The van der Waals surface area contributed by atoms with Gasteiger partial charge in [0, 0.05) is 19.2 Å². The largest absolute Gasteiger partial charge is 0.333 e. The smallest absolute Gasteiger partial charge is 0.220 e. The lowest BCUT2D eigenvalue weighted by molar-refractivity contribution is -0.118. The minimum atomic E-state index is -0.588. The van der Waals surface area contributed by atoms with E-state index in [2.05, 4.69) is 5.32 Å². The summed E-state index contributed by atoms with van der Waals surface area (Å²) in [7, 11) is 0. The number of rotatable bonds is 4. The van der Waals surface area contributed by atoms with Crippen LogP contribution in [0.5, 0.6) is 0 Å². The van der Waals surface area contributed by atoms with Gasteiger partial charge >= 0.3 is 0 Å². The van der Waals surface area contributed by atoms with Crippen molar-refractivity contribution in [2.24, 2.45) is 0 Å². The molecule has 1 aromatic carbocycles. The second-order valence-electron chi connectivity index (χ2n) is 3.77. The van der Waals surface area contributed by atoms with Crippen LogP contribution >= 0.6 is 0 Å². The van der Waals surface area contributed by atoms with Crippen LogP contribution in [-0.4, -0.2) is 5.91 Å². The van der Waals surface area contributed by atoms with Crippen molar-refractivity contribution in [1.82, 2.24) is 5.32 Å². The van der Waals surface area contributed by atoms with Gasteiger partial charge in [0.25, 0.3) is 0 Å². The van der Waals surface area contributed by atoms with Gasteiger partial charge in [-0.25, -0.2) is 8.78 Å². The summed E-state index contributed by atoms with van der Waals surface area (Å²) in [5.41, 5.74) is 1.30. The van der Waals surface area contributed by atoms with Crippen molar-refractivity contribution in [3.05, 3.63) is 47.2 Å². The van der Waals surface area contributed by atoms with Gasteiger partial charge in [0.1, 0.15) is 11.6 Å². The van der Waals surface area contributed by atoms with Crippen molar-refractivity contribution in [2.75, 3.05) is 0 Å². The van der Waals surface area contributed by atoms with Gasteiger partial charge in [-0.3, -0.25) is 4.79 Å². The minimum Gasteiger partial charge on any atom is -0.333 e. The molecule has 1 N–H and O–H groups in total. The normalized spacial score (nSPS) is 11.4. The van der Waals surface area contributed by atoms with E-state index in [1.165, 1.54) is 19.1 Å². The van der Waals surface area contributed by atoms with Crippen LogP contribution in [-0.2, 0) is 11.2 Å². The number of hydrogen-bond donors (Lipinski definition) is 1. The number of nitrogens with one attached hydrogen (secondary N) is 1. The topological polar surface area (TPSA) is 29.1 Å². The molecule has 92 valence electrons. The van der Waals surface area contributed by atoms with E-state index in [1.807, 2.05) is 6.92 Å². The number of benzene rings is 1. The molecule has 17 heavy (non-hydrogen) atoms. The molecule has 0 saturated heterocycles. The summed E-state index contributed by atoms with van der Waals surface area (Å²) in [5.74, 6) is -1.32. The fourth-order valence-corrected chi connectivity index (χ4v) is 1.39. The van der Waals surface area contributed by atoms with Gasteiger partial charge in [-0.1, -0.05) is 13.0 Å². The maximum Gasteiger partial charge on any atom is 0.220 e. The van der Waals surface area contributed by atoms with Crippen molar-refractivity contribution >= 4 is 5.91 Å². The van der Waals surface area contributed by atoms with Crippen LogP contribution in [0, 0.1) is 11.6 Å². The van der Waals surface area contributed by atoms with Crippen molar-refractivity contribution in [1.29, 1.82) is 0 Å². The van der Waals surface area contributed by atoms with Gasteiger partial charge in [-0.15, -0.1) is 0 Å². The van der Waals surface area contributed by atoms with E-state index in [0.717, 1.165) is 11.6 Å². The monoisotopic (exact) mass is 239 g/mol. The molecule has 0 aliphatic carbocycles. The second kappa shape index (κ2) is 6.13. The van der Waals surface area contributed by atoms with Crippen LogP contribution in [0.1, 0.15) is 25.8 Å². The van der Waals surface area contributed by atoms with Crippen LogP contribution in [0.3, 0.4) is 0 Å². The van der Waals surface area contributed by atoms with Gasteiger partial charge in [-0.2, -0.15) is 0 Å². The predicted octanol–water partition coefficient (Wildman–Crippen LogP) is 2.94. The van der Waals surface area contributed by atoms with Crippen molar-refractivity contribution in [3.63, 3.8) is 0 Å². The van der Waals surface area contributed by atoms with Crippen molar-refractivity contribution in [2.45, 2.75) is 26.7 Å². The van der Waals surface area contributed by atoms with Gasteiger partial charge in [0.15, 0.2) is 0 Å². The maximum absolute atomic E-state index is 13.4. The Kier molecular flexibility index (Phi) is 4.82. The molecular weight excluding hydrogens is 224 g/mol. The molecule has 0 atom stereocenters. The molecule has 0 fully saturated rings. The maximum atomic E-state index is 13.4. The highest BCUT2D eigenvalue weighted by atomic mass is 19.1. The quantitative estimate of drug-likeness (QED) is 0.860. The Hall–Kier alpha value is -1.71. The molecule has 0 bridgehead atoms. The number of halogens is 2. The van der Waals surface area contributed by atoms with Crippen molar-refractivity contribution < 1.29 is 13.6 Å². The van der Waals surface area contributed by atoms with E-state index < -0.39 is 11.6 Å². The molecule has 1 aromatic rings. The van der Waals surface area contributed by atoms with E-state index in [1.54, 1.807) is 6.20 Å². The molecule has 0 aliphatic heterocycles. The Labute approximate surface area is 99.3 Å². The minimum absolute atomic E-state index is 0.171. The van der Waals surface area contributed by atoms with Crippen LogP contribution in [0.2, 0.25) is 0 Å². The molecule has 1 rings (SSSR count). The van der Waals surface area contributed by atoms with Crippen molar-refractivity contribution in [3.8, 4) is 0 Å². The Morgan fingerprint density at radius 2 is 2.12 bits per heavy atom. The fourth-order valence-electron chi connectivity index (χ4n) is 1.39. The standard InChI is InChI=1S/C13H15F2NO/c1-3-10(8-16-9(2)17)6-11-4-5-12(14)7-13(11)15/h4-5,7-8H,3,6H2,1-2H3,(H,16,17)/b10-8+. The first-order valence-electron chi connectivity index (χ1n) is 5.42. The highest BCUT2D eigenvalue weighted by molar-refractivity contribution is 5.74. The lowest BCUT2D eigenvalue weighted by atomic mass is 10.0. The van der Waals surface area contributed by atoms with Crippen LogP contribution in [0.25, 0.3) is 0 Å². The number of amides is 1. The van der Waals surface area contributed by atoms with E-state index >= 15 is 0 Å². The summed E-state index contributed by atoms with van der Waals surface area (Å²) in [6.45, 7) is 3.32. The molecule has 0 aliphatic rings. The lowest BCUT2D eigenvalue weighted by Gasteiger charge is -2.06. The SMILES string of the molecule is CC/C(=C\NC(C)=O)Cc1ccc(F)cc1F. The summed E-state index contributed by atoms with van der Waals surface area (Å²) < 4.78 is 26.1. The molecule has 1 amide bonds. The van der Waals surface area contributed by atoms with E-state index in [-0.39, 0.29) is 5.91 Å². The number of carbonyl (C=O) groups is 1. The van der Waals surface area contributed by atoms with E-state index in [9.17, 15) is 13.6 Å². The first-order valence-corrected chi connectivity index (χ1v) is 5.42. The van der Waals surface area contributed by atoms with E-state index in [0.29, 0.717) is 18.4 Å². The average Bonchev–Trinajstić information content (AvgIpc) is 2.26. The van der Waals surface area contributed by atoms with Crippen LogP contribution in [0.15, 0.2) is 30.0 Å². The van der Waals surface area contributed by atoms with Gasteiger partial charge in [-0.05, 0) is 30.0 Å². The highest BCUT2D eigenvalue weighted by Gasteiger charge is 2.05. The Morgan fingerprint density at radius 1 is 1.41 bits per heavy atom. The summed E-state index contributed by atoms with van der Waals surface area (Å²) in [5, 5.41) is 2.55. The Bertz CT molecular complexity index is 441. The summed E-state index contributed by atoms with van der Waals surface area (Å²) in [6.07, 6.45) is 2.63. The molecule has 0 heterocycles. The molecule has 0 saturated carbocycles. The van der Waals surface area contributed by atoms with Crippen LogP contribution < -0.4 is 5.32 Å². The number of carbonyl (C=O) groups excluding carboxylic acids is 1. The molecule has 0 radical (unpaired) electrons. The zero-order chi connectivity index (χ0) is 12.8. The Morgan fingerprint density at radius 3 is 2.65 bits per heavy atom. The number of allylic oxidation sites excluding steroid dienone is 1. The molecular formula is C13H15F2NO. The summed E-state index contributed by atoms with van der Waals surface area (Å²) in [6, 6.07) is 3.51. The van der Waals surface area contributed by atoms with E-state index in [4.69, 9.17) is 0 Å². The average molecular weight is 239 g/mol. The third-order valence-corrected chi connectivity index (χ3v) is 2.37. The molecule has 0 aromatic heterocycles. The second-order valence-corrected chi connectivity index (χ2v) is 3.77. The first kappa shape index (κ1) is 13.4. The van der Waals surface area contributed by atoms with Gasteiger partial charge in [0.05, 0.1) is 0 Å². The summed E-state index contributed by atoms with van der Waals surface area (Å²) in [4.78, 5) is 10.7. The van der Waals surface area contributed by atoms with Gasteiger partial charge < -0.3 is 5.32 Å². The lowest BCUT2D eigenvalue weighted by Crippen LogP contribution is -2.13. The highest BCUT2D eigenvalue weighted by Crippen LogP contribution is 2.15. The number of hydrogen-bond acceptors (Lipinski definition) is 1. The first-order chi connectivity index (χ1) is 8.02. The fraction of sp³-hybridized carbons (Fsp3) is 0.308. The molecule has 0 spiro atoms. The Balaban J connectivity index is 2.80.